The van der Waals surface area contributed by atoms with Crippen LogP contribution < -0.4 is 10.6 Å². The largest absolute Gasteiger partial charge is 0.339 e. The fourth-order valence-electron chi connectivity index (χ4n) is 2.90. The molecule has 2 aliphatic heterocycles. The number of carbonyl (C=O) groups is 2. The number of nitrogens with zero attached hydrogens (tertiary/aromatic N) is 2. The van der Waals surface area contributed by atoms with Gasteiger partial charge >= 0.3 is 0 Å². The summed E-state index contributed by atoms with van der Waals surface area (Å²) in [5, 5.41) is 0. The molecule has 2 heterocycles. The van der Waals surface area contributed by atoms with E-state index in [0.717, 1.165) is 25.9 Å². The maximum atomic E-state index is 14.2. The number of amides is 2. The molecule has 21 heavy (non-hydrogen) atoms. The Hall–Kier alpha value is -1.95. The molecule has 112 valence electrons. The number of benzene rings is 1. The lowest BCUT2D eigenvalue weighted by Crippen LogP contribution is -2.34. The van der Waals surface area contributed by atoms with Gasteiger partial charge in [-0.05, 0) is 37.5 Å². The molecule has 2 aliphatic rings. The van der Waals surface area contributed by atoms with Crippen molar-refractivity contribution in [3.05, 3.63) is 29.6 Å². The summed E-state index contributed by atoms with van der Waals surface area (Å²) in [6, 6.07) is 3.73. The van der Waals surface area contributed by atoms with E-state index in [1.54, 1.807) is 11.0 Å². The van der Waals surface area contributed by atoms with Gasteiger partial charge < -0.3 is 15.5 Å². The van der Waals surface area contributed by atoms with Crippen molar-refractivity contribution in [2.24, 2.45) is 5.73 Å². The van der Waals surface area contributed by atoms with Gasteiger partial charge in [-0.25, -0.2) is 4.39 Å². The number of carbonyl (C=O) groups excluding carboxylic acids is 2. The zero-order valence-corrected chi connectivity index (χ0v) is 11.7. The molecule has 0 bridgehead atoms. The van der Waals surface area contributed by atoms with Gasteiger partial charge in [-0.2, -0.15) is 0 Å². The Morgan fingerprint density at radius 2 is 1.95 bits per heavy atom. The van der Waals surface area contributed by atoms with Gasteiger partial charge in [0.2, 0.25) is 5.91 Å². The fourth-order valence-corrected chi connectivity index (χ4v) is 2.90. The predicted octanol–water partition coefficient (Wildman–Crippen LogP) is 1.13. The Balaban J connectivity index is 1.83. The summed E-state index contributed by atoms with van der Waals surface area (Å²) in [6.07, 6.45) is 2.51. The lowest BCUT2D eigenvalue weighted by Gasteiger charge is -2.19. The molecule has 1 aromatic rings. The van der Waals surface area contributed by atoms with Crippen LogP contribution in [-0.2, 0) is 4.79 Å². The second kappa shape index (κ2) is 5.44. The summed E-state index contributed by atoms with van der Waals surface area (Å²) in [5.74, 6) is -0.975. The monoisotopic (exact) mass is 291 g/mol. The third-order valence-corrected chi connectivity index (χ3v) is 4.13. The van der Waals surface area contributed by atoms with Gasteiger partial charge in [0, 0.05) is 25.2 Å². The molecule has 0 saturated carbocycles. The van der Waals surface area contributed by atoms with Crippen LogP contribution in [0.1, 0.15) is 29.6 Å². The first kappa shape index (κ1) is 14.0. The molecule has 0 spiro atoms. The van der Waals surface area contributed by atoms with Crippen molar-refractivity contribution in [3.63, 3.8) is 0 Å². The lowest BCUT2D eigenvalue weighted by molar-refractivity contribution is -0.118. The van der Waals surface area contributed by atoms with Crippen molar-refractivity contribution in [1.82, 2.24) is 4.90 Å². The van der Waals surface area contributed by atoms with Crippen LogP contribution in [0, 0.1) is 5.82 Å². The van der Waals surface area contributed by atoms with Gasteiger partial charge in [-0.1, -0.05) is 0 Å². The first-order valence-corrected chi connectivity index (χ1v) is 7.24. The second-order valence-electron chi connectivity index (χ2n) is 5.55. The normalized spacial score (nSPS) is 22.2. The average molecular weight is 291 g/mol. The number of hydrogen-bond donors (Lipinski definition) is 1. The van der Waals surface area contributed by atoms with Crippen molar-refractivity contribution < 1.29 is 14.0 Å². The number of halogens is 1. The molecule has 0 aromatic heterocycles. The third-order valence-electron chi connectivity index (χ3n) is 4.13. The lowest BCUT2D eigenvalue weighted by atomic mass is 10.1. The summed E-state index contributed by atoms with van der Waals surface area (Å²) in [7, 11) is 0. The molecule has 0 aliphatic carbocycles. The Morgan fingerprint density at radius 1 is 1.24 bits per heavy atom. The van der Waals surface area contributed by atoms with E-state index in [0.29, 0.717) is 18.5 Å². The van der Waals surface area contributed by atoms with Gasteiger partial charge in [0.15, 0.2) is 0 Å². The van der Waals surface area contributed by atoms with Crippen LogP contribution in [0.5, 0.6) is 0 Å². The van der Waals surface area contributed by atoms with Gasteiger partial charge in [-0.3, -0.25) is 9.59 Å². The summed E-state index contributed by atoms with van der Waals surface area (Å²) in [4.78, 5) is 27.1. The van der Waals surface area contributed by atoms with E-state index in [-0.39, 0.29) is 17.5 Å². The van der Waals surface area contributed by atoms with Crippen LogP contribution in [0.25, 0.3) is 0 Å². The highest BCUT2D eigenvalue weighted by Crippen LogP contribution is 2.26. The quantitative estimate of drug-likeness (QED) is 0.888. The minimum Gasteiger partial charge on any atom is -0.339 e. The molecule has 3 rings (SSSR count). The Labute approximate surface area is 122 Å². The molecule has 0 unspecified atom stereocenters. The number of hydrogen-bond acceptors (Lipinski definition) is 3. The molecular weight excluding hydrogens is 273 g/mol. The Morgan fingerprint density at radius 3 is 2.52 bits per heavy atom. The van der Waals surface area contributed by atoms with E-state index >= 15 is 0 Å². The molecule has 5 nitrogen and oxygen atoms in total. The van der Waals surface area contributed by atoms with Crippen molar-refractivity contribution >= 4 is 17.5 Å². The molecule has 1 atom stereocenters. The van der Waals surface area contributed by atoms with Crippen molar-refractivity contribution in [2.45, 2.75) is 25.3 Å². The molecule has 2 N–H and O–H groups in total. The summed E-state index contributed by atoms with van der Waals surface area (Å²) in [6.45, 7) is 1.86. The molecule has 2 saturated heterocycles. The second-order valence-corrected chi connectivity index (χ2v) is 5.55. The van der Waals surface area contributed by atoms with Crippen LogP contribution in [0.2, 0.25) is 0 Å². The predicted molar refractivity (Wildman–Crippen MR) is 76.5 cm³/mol. The summed E-state index contributed by atoms with van der Waals surface area (Å²) >= 11 is 0. The first-order chi connectivity index (χ1) is 10.1. The standard InChI is InChI=1S/C15H18FN3O2/c16-11-9-10(14(20)18-6-1-2-7-18)3-4-13(11)19-8-5-12(17)15(19)21/h3-4,9,12H,1-2,5-8,17H2/t12-/m0/s1. The smallest absolute Gasteiger partial charge is 0.253 e. The third kappa shape index (κ3) is 2.51. The SMILES string of the molecule is N[C@H]1CCN(c2ccc(C(=O)N3CCCC3)cc2F)C1=O. The van der Waals surface area contributed by atoms with Crippen LogP contribution in [0.3, 0.4) is 0 Å². The Kier molecular flexibility index (Phi) is 3.63. The van der Waals surface area contributed by atoms with Crippen LogP contribution in [0.4, 0.5) is 10.1 Å². The van der Waals surface area contributed by atoms with Crippen molar-refractivity contribution in [3.8, 4) is 0 Å². The maximum Gasteiger partial charge on any atom is 0.253 e. The minimum absolute atomic E-state index is 0.151. The minimum atomic E-state index is -0.560. The summed E-state index contributed by atoms with van der Waals surface area (Å²) < 4.78 is 14.2. The van der Waals surface area contributed by atoms with E-state index in [4.69, 9.17) is 5.73 Å². The summed E-state index contributed by atoms with van der Waals surface area (Å²) in [5.41, 5.74) is 6.17. The van der Waals surface area contributed by atoms with Crippen LogP contribution in [-0.4, -0.2) is 42.4 Å². The van der Waals surface area contributed by atoms with Gasteiger partial charge in [0.05, 0.1) is 11.7 Å². The Bertz CT molecular complexity index is 584. The van der Waals surface area contributed by atoms with E-state index in [1.807, 2.05) is 0 Å². The highest BCUT2D eigenvalue weighted by molar-refractivity contribution is 6.00. The molecule has 1 aromatic carbocycles. The number of rotatable bonds is 2. The van der Waals surface area contributed by atoms with E-state index in [9.17, 15) is 14.0 Å². The van der Waals surface area contributed by atoms with E-state index in [1.165, 1.54) is 17.0 Å². The maximum absolute atomic E-state index is 14.2. The van der Waals surface area contributed by atoms with Crippen LogP contribution in [0.15, 0.2) is 18.2 Å². The molecule has 6 heteroatoms. The zero-order valence-electron chi connectivity index (χ0n) is 11.7. The van der Waals surface area contributed by atoms with Crippen molar-refractivity contribution in [2.75, 3.05) is 24.5 Å². The van der Waals surface area contributed by atoms with Crippen LogP contribution >= 0.6 is 0 Å². The highest BCUT2D eigenvalue weighted by atomic mass is 19.1. The number of nitrogens with two attached hydrogens (primary N) is 1. The molecule has 0 radical (unpaired) electrons. The molecule has 2 fully saturated rings. The van der Waals surface area contributed by atoms with E-state index in [2.05, 4.69) is 0 Å². The van der Waals surface area contributed by atoms with Gasteiger partial charge in [0.1, 0.15) is 5.82 Å². The molecular formula is C15H18FN3O2. The number of likely N-dealkylation sites (tertiary alicyclic amines) is 1. The fraction of sp³-hybridized carbons (Fsp3) is 0.467. The zero-order chi connectivity index (χ0) is 15.0. The van der Waals surface area contributed by atoms with Gasteiger partial charge in [-0.15, -0.1) is 0 Å². The number of anilines is 1. The average Bonchev–Trinajstić information content (AvgIpc) is 3.11. The first-order valence-electron chi connectivity index (χ1n) is 7.24. The highest BCUT2D eigenvalue weighted by Gasteiger charge is 2.31. The topological polar surface area (TPSA) is 66.6 Å². The van der Waals surface area contributed by atoms with E-state index < -0.39 is 11.9 Å². The van der Waals surface area contributed by atoms with Crippen molar-refractivity contribution in [1.29, 1.82) is 0 Å². The van der Waals surface area contributed by atoms with Gasteiger partial charge in [0.25, 0.3) is 5.91 Å². The molecule has 2 amide bonds.